The SMILES string of the molecule is COc1ccc(C=CC(=O)c2cn(-c3ccccc3)nc2-c2ccc(OC)cc2)cc1. The molecule has 0 aliphatic rings. The number of benzene rings is 3. The molecule has 5 nitrogen and oxygen atoms in total. The second-order valence-electron chi connectivity index (χ2n) is 6.87. The van der Waals surface area contributed by atoms with Gasteiger partial charge >= 0.3 is 0 Å². The van der Waals surface area contributed by atoms with Crippen molar-refractivity contribution in [2.45, 2.75) is 0 Å². The number of allylic oxidation sites excluding steroid dienone is 1. The van der Waals surface area contributed by atoms with Crippen molar-refractivity contribution in [1.29, 1.82) is 0 Å². The second-order valence-corrected chi connectivity index (χ2v) is 6.87. The van der Waals surface area contributed by atoms with Gasteiger partial charge in [0.1, 0.15) is 17.2 Å². The maximum absolute atomic E-state index is 13.1. The van der Waals surface area contributed by atoms with E-state index in [0.29, 0.717) is 11.3 Å². The minimum absolute atomic E-state index is 0.121. The topological polar surface area (TPSA) is 53.4 Å². The molecule has 5 heteroatoms. The van der Waals surface area contributed by atoms with Gasteiger partial charge in [-0.05, 0) is 60.2 Å². The lowest BCUT2D eigenvalue weighted by molar-refractivity contribution is 0.104. The van der Waals surface area contributed by atoms with Gasteiger partial charge < -0.3 is 9.47 Å². The van der Waals surface area contributed by atoms with E-state index in [1.54, 1.807) is 37.3 Å². The lowest BCUT2D eigenvalue weighted by Gasteiger charge is -2.03. The van der Waals surface area contributed by atoms with Gasteiger partial charge in [0, 0.05) is 11.8 Å². The van der Waals surface area contributed by atoms with Gasteiger partial charge in [0.15, 0.2) is 5.78 Å². The number of ether oxygens (including phenoxy) is 2. The van der Waals surface area contributed by atoms with Gasteiger partial charge in [-0.15, -0.1) is 0 Å². The molecular formula is C26H22N2O3. The highest BCUT2D eigenvalue weighted by Crippen LogP contribution is 2.26. The van der Waals surface area contributed by atoms with E-state index in [9.17, 15) is 4.79 Å². The Hall–Kier alpha value is -4.12. The fraction of sp³-hybridized carbons (Fsp3) is 0.0769. The van der Waals surface area contributed by atoms with Gasteiger partial charge in [-0.25, -0.2) is 4.68 Å². The molecule has 4 rings (SSSR count). The summed E-state index contributed by atoms with van der Waals surface area (Å²) < 4.78 is 12.2. The molecular weight excluding hydrogens is 388 g/mol. The van der Waals surface area contributed by atoms with Crippen molar-refractivity contribution >= 4 is 11.9 Å². The van der Waals surface area contributed by atoms with Crippen LogP contribution in [0.3, 0.4) is 0 Å². The van der Waals surface area contributed by atoms with Crippen LogP contribution in [0.4, 0.5) is 0 Å². The fourth-order valence-electron chi connectivity index (χ4n) is 3.21. The molecule has 0 saturated carbocycles. The molecule has 0 aliphatic carbocycles. The van der Waals surface area contributed by atoms with Gasteiger partial charge in [0.05, 0.1) is 25.5 Å². The van der Waals surface area contributed by atoms with E-state index in [0.717, 1.165) is 28.3 Å². The third-order valence-electron chi connectivity index (χ3n) is 4.91. The summed E-state index contributed by atoms with van der Waals surface area (Å²) in [5.74, 6) is 1.40. The Balaban J connectivity index is 1.70. The lowest BCUT2D eigenvalue weighted by Crippen LogP contribution is -1.95. The first kappa shape index (κ1) is 20.2. The number of aromatic nitrogens is 2. The Kier molecular flexibility index (Phi) is 5.94. The summed E-state index contributed by atoms with van der Waals surface area (Å²) in [6.45, 7) is 0. The Bertz CT molecular complexity index is 1190. The van der Waals surface area contributed by atoms with E-state index in [-0.39, 0.29) is 5.78 Å². The van der Waals surface area contributed by atoms with E-state index in [2.05, 4.69) is 0 Å². The molecule has 4 aromatic rings. The molecule has 0 fully saturated rings. The second kappa shape index (κ2) is 9.13. The molecule has 1 heterocycles. The molecule has 0 bridgehead atoms. The molecule has 154 valence electrons. The zero-order chi connectivity index (χ0) is 21.6. The van der Waals surface area contributed by atoms with Crippen LogP contribution in [-0.2, 0) is 0 Å². The number of para-hydroxylation sites is 1. The highest BCUT2D eigenvalue weighted by molar-refractivity contribution is 6.10. The summed E-state index contributed by atoms with van der Waals surface area (Å²) in [5.41, 5.74) is 3.79. The first-order chi connectivity index (χ1) is 15.2. The van der Waals surface area contributed by atoms with Crippen LogP contribution >= 0.6 is 0 Å². The maximum atomic E-state index is 13.1. The molecule has 0 saturated heterocycles. The summed E-state index contributed by atoms with van der Waals surface area (Å²) in [5, 5.41) is 4.71. The van der Waals surface area contributed by atoms with Crippen LogP contribution in [0.2, 0.25) is 0 Å². The first-order valence-electron chi connectivity index (χ1n) is 9.84. The molecule has 0 spiro atoms. The number of carbonyl (C=O) groups excluding carboxylic acids is 1. The highest BCUT2D eigenvalue weighted by atomic mass is 16.5. The van der Waals surface area contributed by atoms with E-state index in [1.165, 1.54) is 0 Å². The maximum Gasteiger partial charge on any atom is 0.189 e. The molecule has 0 unspecified atom stereocenters. The minimum Gasteiger partial charge on any atom is -0.497 e. The smallest absolute Gasteiger partial charge is 0.189 e. The van der Waals surface area contributed by atoms with E-state index in [1.807, 2.05) is 78.9 Å². The largest absolute Gasteiger partial charge is 0.497 e. The van der Waals surface area contributed by atoms with Crippen LogP contribution in [0.1, 0.15) is 15.9 Å². The van der Waals surface area contributed by atoms with E-state index < -0.39 is 0 Å². The quantitative estimate of drug-likeness (QED) is 0.300. The molecule has 0 N–H and O–H groups in total. The number of methoxy groups -OCH3 is 2. The van der Waals surface area contributed by atoms with Crippen molar-refractivity contribution in [2.75, 3.05) is 14.2 Å². The molecule has 1 aromatic heterocycles. The van der Waals surface area contributed by atoms with Crippen LogP contribution < -0.4 is 9.47 Å². The third kappa shape index (κ3) is 4.56. The number of hydrogen-bond donors (Lipinski definition) is 0. The standard InChI is InChI=1S/C26H22N2O3/c1-30-22-13-8-19(9-14-22)10-17-25(29)24-18-28(21-6-4-3-5-7-21)27-26(24)20-11-15-23(31-2)16-12-20/h3-18H,1-2H3. The van der Waals surface area contributed by atoms with Crippen molar-refractivity contribution in [3.05, 3.63) is 102 Å². The third-order valence-corrected chi connectivity index (χ3v) is 4.91. The zero-order valence-corrected chi connectivity index (χ0v) is 17.4. The summed E-state index contributed by atoms with van der Waals surface area (Å²) >= 11 is 0. The number of ketones is 1. The summed E-state index contributed by atoms with van der Waals surface area (Å²) in [6, 6.07) is 24.8. The van der Waals surface area contributed by atoms with Gasteiger partial charge in [0.25, 0.3) is 0 Å². The highest BCUT2D eigenvalue weighted by Gasteiger charge is 2.17. The average molecular weight is 410 g/mol. The van der Waals surface area contributed by atoms with Gasteiger partial charge in [-0.2, -0.15) is 5.10 Å². The Morgan fingerprint density at radius 1 is 0.839 bits per heavy atom. The van der Waals surface area contributed by atoms with Crippen molar-refractivity contribution in [1.82, 2.24) is 9.78 Å². The normalized spacial score (nSPS) is 10.9. The van der Waals surface area contributed by atoms with Crippen LogP contribution in [0.15, 0.2) is 91.1 Å². The van der Waals surface area contributed by atoms with Gasteiger partial charge in [-0.3, -0.25) is 4.79 Å². The van der Waals surface area contributed by atoms with Crippen LogP contribution in [-0.4, -0.2) is 29.8 Å². The number of hydrogen-bond acceptors (Lipinski definition) is 4. The van der Waals surface area contributed by atoms with Crippen molar-refractivity contribution in [2.24, 2.45) is 0 Å². The molecule has 0 aliphatic heterocycles. The lowest BCUT2D eigenvalue weighted by atomic mass is 10.0. The average Bonchev–Trinajstić information content (AvgIpc) is 3.29. The summed E-state index contributed by atoms with van der Waals surface area (Å²) in [4.78, 5) is 13.1. The Morgan fingerprint density at radius 2 is 1.45 bits per heavy atom. The van der Waals surface area contributed by atoms with Crippen molar-refractivity contribution in [3.8, 4) is 28.4 Å². The predicted molar refractivity (Wildman–Crippen MR) is 122 cm³/mol. The summed E-state index contributed by atoms with van der Waals surface area (Å²) in [6.07, 6.45) is 5.14. The Labute approximate surface area is 181 Å². The number of carbonyl (C=O) groups is 1. The number of nitrogens with zero attached hydrogens (tertiary/aromatic N) is 2. The molecule has 0 radical (unpaired) electrons. The van der Waals surface area contributed by atoms with Crippen LogP contribution in [0, 0.1) is 0 Å². The number of rotatable bonds is 7. The van der Waals surface area contributed by atoms with Crippen LogP contribution in [0.25, 0.3) is 23.0 Å². The van der Waals surface area contributed by atoms with Crippen molar-refractivity contribution in [3.63, 3.8) is 0 Å². The first-order valence-corrected chi connectivity index (χ1v) is 9.84. The van der Waals surface area contributed by atoms with E-state index >= 15 is 0 Å². The van der Waals surface area contributed by atoms with Crippen molar-refractivity contribution < 1.29 is 14.3 Å². The zero-order valence-electron chi connectivity index (χ0n) is 17.4. The van der Waals surface area contributed by atoms with Gasteiger partial charge in [-0.1, -0.05) is 36.4 Å². The monoisotopic (exact) mass is 410 g/mol. The molecule has 0 amide bonds. The predicted octanol–water partition coefficient (Wildman–Crippen LogP) is 5.45. The molecule has 0 atom stereocenters. The summed E-state index contributed by atoms with van der Waals surface area (Å²) in [7, 11) is 3.25. The minimum atomic E-state index is -0.121. The molecule has 31 heavy (non-hydrogen) atoms. The van der Waals surface area contributed by atoms with Gasteiger partial charge in [0.2, 0.25) is 0 Å². The van der Waals surface area contributed by atoms with Crippen LogP contribution in [0.5, 0.6) is 11.5 Å². The molecule has 3 aromatic carbocycles. The van der Waals surface area contributed by atoms with E-state index in [4.69, 9.17) is 14.6 Å². The Morgan fingerprint density at radius 3 is 2.06 bits per heavy atom. The fourth-order valence-corrected chi connectivity index (χ4v) is 3.21.